The third kappa shape index (κ3) is 4.08. The van der Waals surface area contributed by atoms with Crippen LogP contribution >= 0.6 is 0 Å². The molecule has 0 radical (unpaired) electrons. The predicted molar refractivity (Wildman–Crippen MR) is 105 cm³/mol. The van der Waals surface area contributed by atoms with E-state index < -0.39 is 0 Å². The van der Waals surface area contributed by atoms with Gasteiger partial charge in [0.05, 0.1) is 19.8 Å². The number of para-hydroxylation sites is 1. The van der Waals surface area contributed by atoms with Crippen molar-refractivity contribution in [3.8, 4) is 11.5 Å². The summed E-state index contributed by atoms with van der Waals surface area (Å²) in [5.41, 5.74) is 3.15. The zero-order valence-corrected chi connectivity index (χ0v) is 15.7. The first-order chi connectivity index (χ1) is 13.2. The second-order valence-electron chi connectivity index (χ2n) is 7.25. The minimum Gasteiger partial charge on any atom is -0.490 e. The van der Waals surface area contributed by atoms with Crippen LogP contribution in [-0.4, -0.2) is 37.1 Å². The number of nitrogens with one attached hydrogen (secondary N) is 1. The fourth-order valence-electron chi connectivity index (χ4n) is 3.87. The first-order valence-corrected chi connectivity index (χ1v) is 9.70. The third-order valence-corrected chi connectivity index (χ3v) is 5.29. The van der Waals surface area contributed by atoms with Crippen LogP contribution in [0.1, 0.15) is 36.4 Å². The maximum Gasteiger partial charge on any atom is 0.238 e. The van der Waals surface area contributed by atoms with Crippen molar-refractivity contribution in [2.75, 3.05) is 31.6 Å². The Labute approximate surface area is 160 Å². The molecule has 0 spiro atoms. The van der Waals surface area contributed by atoms with Crippen molar-refractivity contribution in [3.63, 3.8) is 0 Å². The Kier molecular flexibility index (Phi) is 5.30. The first-order valence-electron chi connectivity index (χ1n) is 9.70. The number of amides is 1. The molecule has 2 heterocycles. The Balaban J connectivity index is 1.45. The standard InChI is InChI=1S/C22H26N2O3/c1-16-6-2-3-7-18(16)23-22(25)15-24-11-4-8-19(24)17-9-10-20-21(14-17)27-13-5-12-26-20/h2-3,6-7,9-10,14,19H,4-5,8,11-13,15H2,1H3,(H,23,25). The number of fused-ring (bicyclic) bond motifs is 1. The summed E-state index contributed by atoms with van der Waals surface area (Å²) in [5.74, 6) is 1.67. The van der Waals surface area contributed by atoms with Crippen molar-refractivity contribution in [1.29, 1.82) is 0 Å². The number of anilines is 1. The lowest BCUT2D eigenvalue weighted by Crippen LogP contribution is -2.33. The van der Waals surface area contributed by atoms with Crippen molar-refractivity contribution in [3.05, 3.63) is 53.6 Å². The maximum atomic E-state index is 12.6. The zero-order chi connectivity index (χ0) is 18.6. The Morgan fingerprint density at radius 1 is 1.11 bits per heavy atom. The molecule has 27 heavy (non-hydrogen) atoms. The van der Waals surface area contributed by atoms with Crippen molar-refractivity contribution in [1.82, 2.24) is 4.90 Å². The van der Waals surface area contributed by atoms with E-state index in [0.29, 0.717) is 19.8 Å². The minimum atomic E-state index is 0.0329. The lowest BCUT2D eigenvalue weighted by Gasteiger charge is -2.25. The molecule has 1 amide bonds. The van der Waals surface area contributed by atoms with Crippen LogP contribution in [-0.2, 0) is 4.79 Å². The molecule has 0 aliphatic carbocycles. The number of likely N-dealkylation sites (tertiary alicyclic amines) is 1. The Bertz CT molecular complexity index is 821. The van der Waals surface area contributed by atoms with E-state index in [0.717, 1.165) is 48.6 Å². The van der Waals surface area contributed by atoms with Crippen LogP contribution in [0.2, 0.25) is 0 Å². The smallest absolute Gasteiger partial charge is 0.238 e. The topological polar surface area (TPSA) is 50.8 Å². The van der Waals surface area contributed by atoms with E-state index in [-0.39, 0.29) is 11.9 Å². The molecular weight excluding hydrogens is 340 g/mol. The summed E-state index contributed by atoms with van der Waals surface area (Å²) >= 11 is 0. The van der Waals surface area contributed by atoms with Crippen LogP contribution in [0, 0.1) is 6.92 Å². The average Bonchev–Trinajstić information content (AvgIpc) is 2.99. The Hall–Kier alpha value is -2.53. The van der Waals surface area contributed by atoms with Gasteiger partial charge >= 0.3 is 0 Å². The summed E-state index contributed by atoms with van der Waals surface area (Å²) in [7, 11) is 0. The summed E-state index contributed by atoms with van der Waals surface area (Å²) < 4.78 is 11.6. The summed E-state index contributed by atoms with van der Waals surface area (Å²) in [6.07, 6.45) is 3.05. The average molecular weight is 366 g/mol. The third-order valence-electron chi connectivity index (χ3n) is 5.29. The Morgan fingerprint density at radius 3 is 2.78 bits per heavy atom. The molecule has 142 valence electrons. The van der Waals surface area contributed by atoms with Gasteiger partial charge in [-0.05, 0) is 55.6 Å². The van der Waals surface area contributed by atoms with Crippen molar-refractivity contribution >= 4 is 11.6 Å². The van der Waals surface area contributed by atoms with E-state index in [1.807, 2.05) is 37.3 Å². The molecule has 0 aromatic heterocycles. The largest absolute Gasteiger partial charge is 0.490 e. The molecule has 2 aliphatic heterocycles. The number of hydrogen-bond donors (Lipinski definition) is 1. The number of benzene rings is 2. The molecule has 5 heteroatoms. The summed E-state index contributed by atoms with van der Waals surface area (Å²) in [4.78, 5) is 14.8. The number of ether oxygens (including phenoxy) is 2. The van der Waals surface area contributed by atoms with Crippen LogP contribution in [0.25, 0.3) is 0 Å². The van der Waals surface area contributed by atoms with Crippen molar-refractivity contribution < 1.29 is 14.3 Å². The second kappa shape index (κ2) is 8.01. The van der Waals surface area contributed by atoms with Gasteiger partial charge in [-0.1, -0.05) is 24.3 Å². The van der Waals surface area contributed by atoms with Crippen LogP contribution in [0.3, 0.4) is 0 Å². The molecule has 5 nitrogen and oxygen atoms in total. The quantitative estimate of drug-likeness (QED) is 0.891. The van der Waals surface area contributed by atoms with E-state index in [4.69, 9.17) is 9.47 Å². The van der Waals surface area contributed by atoms with Crippen LogP contribution in [0.4, 0.5) is 5.69 Å². The fourth-order valence-corrected chi connectivity index (χ4v) is 3.87. The molecular formula is C22H26N2O3. The zero-order valence-electron chi connectivity index (χ0n) is 15.7. The molecule has 1 unspecified atom stereocenters. The predicted octanol–water partition coefficient (Wildman–Crippen LogP) is 3.93. The van der Waals surface area contributed by atoms with Gasteiger partial charge in [-0.3, -0.25) is 9.69 Å². The number of rotatable bonds is 4. The van der Waals surface area contributed by atoms with Crippen LogP contribution < -0.4 is 14.8 Å². The molecule has 2 aromatic carbocycles. The Morgan fingerprint density at radius 2 is 1.93 bits per heavy atom. The van der Waals surface area contributed by atoms with Gasteiger partial charge in [0.2, 0.25) is 5.91 Å². The number of hydrogen-bond acceptors (Lipinski definition) is 4. The molecule has 2 aliphatic rings. The van der Waals surface area contributed by atoms with Gasteiger partial charge < -0.3 is 14.8 Å². The van der Waals surface area contributed by atoms with Crippen LogP contribution in [0.5, 0.6) is 11.5 Å². The van der Waals surface area contributed by atoms with E-state index in [2.05, 4.69) is 22.3 Å². The SMILES string of the molecule is Cc1ccccc1NC(=O)CN1CCCC1c1ccc2c(c1)OCCCO2. The highest BCUT2D eigenvalue weighted by Crippen LogP contribution is 2.37. The molecule has 0 bridgehead atoms. The molecule has 2 aromatic rings. The van der Waals surface area contributed by atoms with Gasteiger partial charge in [0.25, 0.3) is 0 Å². The highest BCUT2D eigenvalue weighted by atomic mass is 16.5. The molecule has 1 saturated heterocycles. The van der Waals surface area contributed by atoms with Gasteiger partial charge in [-0.15, -0.1) is 0 Å². The molecule has 1 atom stereocenters. The maximum absolute atomic E-state index is 12.6. The van der Waals surface area contributed by atoms with E-state index in [1.54, 1.807) is 0 Å². The summed E-state index contributed by atoms with van der Waals surface area (Å²) in [6, 6.07) is 14.3. The van der Waals surface area contributed by atoms with Crippen LogP contribution in [0.15, 0.2) is 42.5 Å². The lowest BCUT2D eigenvalue weighted by atomic mass is 10.0. The number of aryl methyl sites for hydroxylation is 1. The van der Waals surface area contributed by atoms with Gasteiger partial charge in [0.15, 0.2) is 11.5 Å². The molecule has 1 fully saturated rings. The molecule has 0 saturated carbocycles. The monoisotopic (exact) mass is 366 g/mol. The first kappa shape index (κ1) is 17.9. The van der Waals surface area contributed by atoms with Gasteiger partial charge in [-0.2, -0.15) is 0 Å². The number of carbonyl (C=O) groups is 1. The minimum absolute atomic E-state index is 0.0329. The van der Waals surface area contributed by atoms with E-state index in [9.17, 15) is 4.79 Å². The summed E-state index contributed by atoms with van der Waals surface area (Å²) in [5, 5.41) is 3.04. The highest BCUT2D eigenvalue weighted by Gasteiger charge is 2.28. The van der Waals surface area contributed by atoms with Crippen molar-refractivity contribution in [2.24, 2.45) is 0 Å². The normalized spacial score (nSPS) is 19.5. The molecule has 1 N–H and O–H groups in total. The van der Waals surface area contributed by atoms with Gasteiger partial charge in [-0.25, -0.2) is 0 Å². The van der Waals surface area contributed by atoms with Gasteiger partial charge in [0, 0.05) is 18.2 Å². The lowest BCUT2D eigenvalue weighted by molar-refractivity contribution is -0.117. The number of carbonyl (C=O) groups excluding carboxylic acids is 1. The summed E-state index contributed by atoms with van der Waals surface area (Å²) in [6.45, 7) is 4.71. The second-order valence-corrected chi connectivity index (χ2v) is 7.25. The number of nitrogens with zero attached hydrogens (tertiary/aromatic N) is 1. The highest BCUT2D eigenvalue weighted by molar-refractivity contribution is 5.93. The van der Waals surface area contributed by atoms with E-state index >= 15 is 0 Å². The van der Waals surface area contributed by atoms with Gasteiger partial charge in [0.1, 0.15) is 0 Å². The fraction of sp³-hybridized carbons (Fsp3) is 0.409. The van der Waals surface area contributed by atoms with E-state index in [1.165, 1.54) is 5.56 Å². The van der Waals surface area contributed by atoms with Crippen molar-refractivity contribution in [2.45, 2.75) is 32.2 Å². The molecule has 4 rings (SSSR count).